The molecule has 5 heteroatoms. The summed E-state index contributed by atoms with van der Waals surface area (Å²) in [5, 5.41) is 11.8. The van der Waals surface area contributed by atoms with Crippen molar-refractivity contribution in [2.24, 2.45) is 0 Å². The lowest BCUT2D eigenvalue weighted by atomic mass is 10.2. The van der Waals surface area contributed by atoms with Gasteiger partial charge in [-0.2, -0.15) is 5.26 Å². The van der Waals surface area contributed by atoms with E-state index in [1.54, 1.807) is 12.1 Å². The molecule has 0 unspecified atom stereocenters. The Morgan fingerprint density at radius 3 is 2.88 bits per heavy atom. The van der Waals surface area contributed by atoms with Gasteiger partial charge in [-0.15, -0.1) is 0 Å². The van der Waals surface area contributed by atoms with Crippen molar-refractivity contribution in [3.8, 4) is 6.07 Å². The monoisotopic (exact) mass is 252 g/mol. The molecule has 0 saturated heterocycles. The molecule has 90 valence electrons. The van der Waals surface area contributed by atoms with Crippen LogP contribution in [-0.4, -0.2) is 18.6 Å². The van der Waals surface area contributed by atoms with Crippen LogP contribution in [0.3, 0.4) is 0 Å². The van der Waals surface area contributed by atoms with Gasteiger partial charge >= 0.3 is 0 Å². The van der Waals surface area contributed by atoms with Gasteiger partial charge < -0.3 is 10.1 Å². The molecule has 1 amide bonds. The minimum absolute atomic E-state index is 0.000590. The second kappa shape index (κ2) is 6.24. The number of halogens is 1. The number of ether oxygens (including phenoxy) is 1. The van der Waals surface area contributed by atoms with E-state index in [1.807, 2.05) is 19.9 Å². The summed E-state index contributed by atoms with van der Waals surface area (Å²) in [7, 11) is 0. The van der Waals surface area contributed by atoms with Gasteiger partial charge in [-0.1, -0.05) is 11.6 Å². The lowest BCUT2D eigenvalue weighted by Crippen LogP contribution is -2.20. The van der Waals surface area contributed by atoms with Crippen LogP contribution in [0.15, 0.2) is 18.2 Å². The van der Waals surface area contributed by atoms with E-state index >= 15 is 0 Å². The van der Waals surface area contributed by atoms with Crippen molar-refractivity contribution in [2.45, 2.75) is 20.0 Å². The topological polar surface area (TPSA) is 62.1 Å². The first-order chi connectivity index (χ1) is 8.02. The first-order valence-corrected chi connectivity index (χ1v) is 5.52. The van der Waals surface area contributed by atoms with E-state index in [4.69, 9.17) is 21.6 Å². The molecule has 1 rings (SSSR count). The number of hydrogen-bond acceptors (Lipinski definition) is 3. The zero-order valence-electron chi connectivity index (χ0n) is 9.66. The van der Waals surface area contributed by atoms with Crippen LogP contribution >= 0.6 is 11.6 Å². The number of carbonyl (C=O) groups excluding carboxylic acids is 1. The summed E-state index contributed by atoms with van der Waals surface area (Å²) >= 11 is 5.78. The Hall–Kier alpha value is -1.57. The molecule has 1 aromatic rings. The maximum absolute atomic E-state index is 11.4. The molecule has 1 N–H and O–H groups in total. The van der Waals surface area contributed by atoms with E-state index in [9.17, 15) is 4.79 Å². The standard InChI is InChI=1S/C12H13ClN2O2/c1-8(2)17-7-12(16)15-10-3-4-11(13)9(5-10)6-14/h3-5,8H,7H2,1-2H3,(H,15,16). The summed E-state index contributed by atoms with van der Waals surface area (Å²) in [4.78, 5) is 11.4. The number of rotatable bonds is 4. The second-order valence-electron chi connectivity index (χ2n) is 3.71. The summed E-state index contributed by atoms with van der Waals surface area (Å²) in [5.41, 5.74) is 0.859. The Labute approximate surface area is 105 Å². The van der Waals surface area contributed by atoms with Crippen molar-refractivity contribution >= 4 is 23.2 Å². The van der Waals surface area contributed by atoms with Crippen LogP contribution in [0.25, 0.3) is 0 Å². The van der Waals surface area contributed by atoms with Gasteiger partial charge in [0, 0.05) is 5.69 Å². The van der Waals surface area contributed by atoms with Crippen LogP contribution in [0.2, 0.25) is 5.02 Å². The lowest BCUT2D eigenvalue weighted by molar-refractivity contribution is -0.121. The molecular formula is C12H13ClN2O2. The molecule has 0 bridgehead atoms. The number of nitriles is 1. The molecule has 0 radical (unpaired) electrons. The Kier molecular flexibility index (Phi) is 4.95. The van der Waals surface area contributed by atoms with Gasteiger partial charge in [-0.25, -0.2) is 0 Å². The Bertz CT molecular complexity index is 452. The first-order valence-electron chi connectivity index (χ1n) is 5.14. The van der Waals surface area contributed by atoms with Crippen LogP contribution in [0.4, 0.5) is 5.69 Å². The normalized spacial score (nSPS) is 10.1. The molecule has 0 heterocycles. The maximum atomic E-state index is 11.4. The molecule has 0 aromatic heterocycles. The van der Waals surface area contributed by atoms with Crippen molar-refractivity contribution in [1.82, 2.24) is 0 Å². The molecular weight excluding hydrogens is 240 g/mol. The van der Waals surface area contributed by atoms with E-state index in [2.05, 4.69) is 5.32 Å². The molecule has 0 aliphatic rings. The Morgan fingerprint density at radius 1 is 1.59 bits per heavy atom. The third-order valence-corrected chi connectivity index (χ3v) is 2.25. The minimum atomic E-state index is -0.259. The van der Waals surface area contributed by atoms with Crippen molar-refractivity contribution in [3.05, 3.63) is 28.8 Å². The average molecular weight is 253 g/mol. The fraction of sp³-hybridized carbons (Fsp3) is 0.333. The van der Waals surface area contributed by atoms with E-state index in [-0.39, 0.29) is 18.6 Å². The number of hydrogen-bond donors (Lipinski definition) is 1. The quantitative estimate of drug-likeness (QED) is 0.896. The summed E-state index contributed by atoms with van der Waals surface area (Å²) < 4.78 is 5.15. The number of nitrogens with zero attached hydrogens (tertiary/aromatic N) is 1. The van der Waals surface area contributed by atoms with Crippen LogP contribution in [-0.2, 0) is 9.53 Å². The highest BCUT2D eigenvalue weighted by atomic mass is 35.5. The predicted octanol–water partition coefficient (Wildman–Crippen LogP) is 2.58. The molecule has 4 nitrogen and oxygen atoms in total. The highest BCUT2D eigenvalue weighted by molar-refractivity contribution is 6.31. The van der Waals surface area contributed by atoms with Gasteiger partial charge in [0.15, 0.2) is 0 Å². The van der Waals surface area contributed by atoms with Crippen molar-refractivity contribution < 1.29 is 9.53 Å². The van der Waals surface area contributed by atoms with Crippen molar-refractivity contribution in [2.75, 3.05) is 11.9 Å². The van der Waals surface area contributed by atoms with Crippen LogP contribution in [0.5, 0.6) is 0 Å². The highest BCUT2D eigenvalue weighted by Gasteiger charge is 2.06. The summed E-state index contributed by atoms with van der Waals surface area (Å²) in [6.45, 7) is 3.69. The molecule has 0 atom stereocenters. The summed E-state index contributed by atoms with van der Waals surface area (Å²) in [6, 6.07) is 6.67. The largest absolute Gasteiger partial charge is 0.369 e. The molecule has 17 heavy (non-hydrogen) atoms. The molecule has 0 aliphatic heterocycles. The fourth-order valence-corrected chi connectivity index (χ4v) is 1.29. The third kappa shape index (κ3) is 4.43. The number of nitrogens with one attached hydrogen (secondary N) is 1. The molecule has 0 saturated carbocycles. The zero-order chi connectivity index (χ0) is 12.8. The van der Waals surface area contributed by atoms with E-state index in [0.29, 0.717) is 16.3 Å². The number of amides is 1. The predicted molar refractivity (Wildman–Crippen MR) is 65.9 cm³/mol. The second-order valence-corrected chi connectivity index (χ2v) is 4.12. The van der Waals surface area contributed by atoms with Crippen LogP contribution < -0.4 is 5.32 Å². The first kappa shape index (κ1) is 13.5. The van der Waals surface area contributed by atoms with Crippen molar-refractivity contribution in [1.29, 1.82) is 5.26 Å². The summed E-state index contributed by atoms with van der Waals surface area (Å²) in [5.74, 6) is -0.259. The molecule has 0 fully saturated rings. The number of benzene rings is 1. The van der Waals surface area contributed by atoms with Gasteiger partial charge in [0.1, 0.15) is 12.7 Å². The van der Waals surface area contributed by atoms with Gasteiger partial charge in [0.05, 0.1) is 16.7 Å². The summed E-state index contributed by atoms with van der Waals surface area (Å²) in [6.07, 6.45) is 0.000590. The van der Waals surface area contributed by atoms with Gasteiger partial charge in [0.2, 0.25) is 5.91 Å². The van der Waals surface area contributed by atoms with Crippen molar-refractivity contribution in [3.63, 3.8) is 0 Å². The van der Waals surface area contributed by atoms with E-state index < -0.39 is 0 Å². The zero-order valence-corrected chi connectivity index (χ0v) is 10.4. The number of carbonyl (C=O) groups is 1. The Balaban J connectivity index is 2.63. The van der Waals surface area contributed by atoms with Crippen LogP contribution in [0.1, 0.15) is 19.4 Å². The highest BCUT2D eigenvalue weighted by Crippen LogP contribution is 2.19. The minimum Gasteiger partial charge on any atom is -0.369 e. The Morgan fingerprint density at radius 2 is 2.29 bits per heavy atom. The van der Waals surface area contributed by atoms with Crippen LogP contribution in [0, 0.1) is 11.3 Å². The fourth-order valence-electron chi connectivity index (χ4n) is 1.13. The van der Waals surface area contributed by atoms with Gasteiger partial charge in [-0.05, 0) is 32.0 Å². The smallest absolute Gasteiger partial charge is 0.250 e. The van der Waals surface area contributed by atoms with Gasteiger partial charge in [0.25, 0.3) is 0 Å². The maximum Gasteiger partial charge on any atom is 0.250 e. The average Bonchev–Trinajstić information content (AvgIpc) is 2.29. The molecule has 0 spiro atoms. The molecule has 1 aromatic carbocycles. The van der Waals surface area contributed by atoms with E-state index in [0.717, 1.165) is 0 Å². The van der Waals surface area contributed by atoms with E-state index in [1.165, 1.54) is 6.07 Å². The van der Waals surface area contributed by atoms with Gasteiger partial charge in [-0.3, -0.25) is 4.79 Å². The SMILES string of the molecule is CC(C)OCC(=O)Nc1ccc(Cl)c(C#N)c1. The molecule has 0 aliphatic carbocycles. The number of anilines is 1. The third-order valence-electron chi connectivity index (χ3n) is 1.92. The lowest BCUT2D eigenvalue weighted by Gasteiger charge is -2.08.